The number of carbonyl (C=O) groups excluding carboxylic acids is 1. The van der Waals surface area contributed by atoms with Crippen LogP contribution in [-0.2, 0) is 0 Å². The molecular weight excluding hydrogens is 254 g/mol. The van der Waals surface area contributed by atoms with Crippen molar-refractivity contribution < 1.29 is 4.79 Å². The number of nitrogens with two attached hydrogens (primary N) is 1. The molecule has 0 bridgehead atoms. The van der Waals surface area contributed by atoms with Crippen molar-refractivity contribution in [3.05, 3.63) is 30.4 Å². The van der Waals surface area contributed by atoms with E-state index in [9.17, 15) is 4.79 Å². The summed E-state index contributed by atoms with van der Waals surface area (Å²) in [5, 5.41) is 7.15. The van der Waals surface area contributed by atoms with Crippen molar-refractivity contribution in [2.24, 2.45) is 17.6 Å². The van der Waals surface area contributed by atoms with Gasteiger partial charge in [0.15, 0.2) is 0 Å². The average molecular weight is 273 g/mol. The lowest BCUT2D eigenvalue weighted by molar-refractivity contribution is 0.0945. The van der Waals surface area contributed by atoms with E-state index in [0.717, 1.165) is 11.9 Å². The standard InChI is InChI=1S/C14H19N5O/c15-6-10-2-1-3-11(10)7-17-14(20)12-8-18-19-5-4-16-9-13(12)19/h4-5,8-11H,1-3,6-7,15H2,(H,17,20). The van der Waals surface area contributed by atoms with Crippen molar-refractivity contribution in [1.82, 2.24) is 19.9 Å². The van der Waals surface area contributed by atoms with Gasteiger partial charge in [-0.05, 0) is 31.2 Å². The van der Waals surface area contributed by atoms with E-state index in [1.807, 2.05) is 0 Å². The molecule has 1 fully saturated rings. The quantitative estimate of drug-likeness (QED) is 0.864. The van der Waals surface area contributed by atoms with Gasteiger partial charge in [0.25, 0.3) is 5.91 Å². The summed E-state index contributed by atoms with van der Waals surface area (Å²) in [7, 11) is 0. The minimum Gasteiger partial charge on any atom is -0.352 e. The van der Waals surface area contributed by atoms with Crippen LogP contribution < -0.4 is 11.1 Å². The van der Waals surface area contributed by atoms with Gasteiger partial charge in [-0.1, -0.05) is 6.42 Å². The summed E-state index contributed by atoms with van der Waals surface area (Å²) in [6.07, 6.45) is 10.2. The molecule has 0 radical (unpaired) electrons. The first kappa shape index (κ1) is 13.1. The maximum absolute atomic E-state index is 12.2. The van der Waals surface area contributed by atoms with E-state index in [2.05, 4.69) is 15.4 Å². The molecule has 6 heteroatoms. The number of rotatable bonds is 4. The van der Waals surface area contributed by atoms with Gasteiger partial charge in [-0.3, -0.25) is 9.78 Å². The number of amides is 1. The van der Waals surface area contributed by atoms with E-state index >= 15 is 0 Å². The number of aromatic nitrogens is 3. The average Bonchev–Trinajstić information content (AvgIpc) is 3.11. The fourth-order valence-electron chi connectivity index (χ4n) is 3.02. The summed E-state index contributed by atoms with van der Waals surface area (Å²) in [5.74, 6) is 0.959. The lowest BCUT2D eigenvalue weighted by Crippen LogP contribution is -2.32. The molecule has 0 saturated heterocycles. The highest BCUT2D eigenvalue weighted by atomic mass is 16.1. The first-order valence-corrected chi connectivity index (χ1v) is 7.05. The predicted octanol–water partition coefficient (Wildman–Crippen LogP) is 0.834. The molecule has 1 aliphatic rings. The Morgan fingerprint density at radius 3 is 3.10 bits per heavy atom. The third-order valence-corrected chi connectivity index (χ3v) is 4.21. The number of hydrogen-bond acceptors (Lipinski definition) is 4. The Hall–Kier alpha value is -1.95. The molecule has 0 aromatic carbocycles. The number of carbonyl (C=O) groups is 1. The number of nitrogens with one attached hydrogen (secondary N) is 1. The topological polar surface area (TPSA) is 85.3 Å². The Morgan fingerprint density at radius 1 is 1.40 bits per heavy atom. The molecular formula is C14H19N5O. The van der Waals surface area contributed by atoms with Crippen LogP contribution in [0.5, 0.6) is 0 Å². The first-order chi connectivity index (χ1) is 9.79. The molecule has 2 aromatic rings. The summed E-state index contributed by atoms with van der Waals surface area (Å²) >= 11 is 0. The van der Waals surface area contributed by atoms with Gasteiger partial charge in [0.1, 0.15) is 0 Å². The third-order valence-electron chi connectivity index (χ3n) is 4.21. The summed E-state index contributed by atoms with van der Waals surface area (Å²) in [5.41, 5.74) is 7.06. The Morgan fingerprint density at radius 2 is 2.25 bits per heavy atom. The molecule has 2 aromatic heterocycles. The molecule has 6 nitrogen and oxygen atoms in total. The SMILES string of the molecule is NCC1CCCC1CNC(=O)c1cnn2ccncc12. The van der Waals surface area contributed by atoms with Crippen LogP contribution in [0.2, 0.25) is 0 Å². The van der Waals surface area contributed by atoms with E-state index in [1.54, 1.807) is 29.3 Å². The second kappa shape index (κ2) is 5.58. The summed E-state index contributed by atoms with van der Waals surface area (Å²) < 4.78 is 1.65. The third kappa shape index (κ3) is 2.38. The molecule has 2 unspecified atom stereocenters. The molecule has 1 saturated carbocycles. The van der Waals surface area contributed by atoms with Crippen LogP contribution in [0.25, 0.3) is 5.52 Å². The van der Waals surface area contributed by atoms with Crippen molar-refractivity contribution in [3.63, 3.8) is 0 Å². The van der Waals surface area contributed by atoms with Gasteiger partial charge < -0.3 is 11.1 Å². The van der Waals surface area contributed by atoms with Crippen molar-refractivity contribution in [3.8, 4) is 0 Å². The number of nitrogens with zero attached hydrogens (tertiary/aromatic N) is 3. The minimum atomic E-state index is -0.0873. The zero-order valence-electron chi connectivity index (χ0n) is 11.3. The second-order valence-corrected chi connectivity index (χ2v) is 5.36. The van der Waals surface area contributed by atoms with Crippen LogP contribution in [0.15, 0.2) is 24.8 Å². The smallest absolute Gasteiger partial charge is 0.255 e. The fourth-order valence-corrected chi connectivity index (χ4v) is 3.02. The van der Waals surface area contributed by atoms with Crippen LogP contribution >= 0.6 is 0 Å². The van der Waals surface area contributed by atoms with Crippen LogP contribution in [0.1, 0.15) is 29.6 Å². The first-order valence-electron chi connectivity index (χ1n) is 7.05. The molecule has 20 heavy (non-hydrogen) atoms. The minimum absolute atomic E-state index is 0.0873. The number of fused-ring (bicyclic) bond motifs is 1. The normalized spacial score (nSPS) is 22.2. The van der Waals surface area contributed by atoms with E-state index in [-0.39, 0.29) is 5.91 Å². The highest BCUT2D eigenvalue weighted by molar-refractivity contribution is 6.00. The van der Waals surface area contributed by atoms with Crippen molar-refractivity contribution in [2.45, 2.75) is 19.3 Å². The van der Waals surface area contributed by atoms with Crippen molar-refractivity contribution >= 4 is 11.4 Å². The Labute approximate surface area is 117 Å². The van der Waals surface area contributed by atoms with Gasteiger partial charge in [-0.15, -0.1) is 0 Å². The van der Waals surface area contributed by atoms with Gasteiger partial charge in [0.05, 0.1) is 23.5 Å². The molecule has 2 atom stereocenters. The van der Waals surface area contributed by atoms with Gasteiger partial charge in [-0.2, -0.15) is 5.10 Å². The number of hydrogen-bond donors (Lipinski definition) is 2. The lowest BCUT2D eigenvalue weighted by Gasteiger charge is -2.18. The molecule has 3 rings (SSSR count). The Kier molecular flexibility index (Phi) is 3.64. The van der Waals surface area contributed by atoms with Crippen LogP contribution in [0, 0.1) is 11.8 Å². The van der Waals surface area contributed by atoms with Crippen molar-refractivity contribution in [1.29, 1.82) is 0 Å². The molecule has 106 valence electrons. The molecule has 0 spiro atoms. The van der Waals surface area contributed by atoms with Crippen molar-refractivity contribution in [2.75, 3.05) is 13.1 Å². The van der Waals surface area contributed by atoms with Crippen LogP contribution in [0.3, 0.4) is 0 Å². The Bertz CT molecular complexity index is 608. The van der Waals surface area contributed by atoms with Gasteiger partial charge in [0.2, 0.25) is 0 Å². The fraction of sp³-hybridized carbons (Fsp3) is 0.500. The maximum atomic E-state index is 12.2. The zero-order valence-corrected chi connectivity index (χ0v) is 11.3. The van der Waals surface area contributed by atoms with Gasteiger partial charge >= 0.3 is 0 Å². The van der Waals surface area contributed by atoms with E-state index in [0.29, 0.717) is 30.5 Å². The molecule has 1 amide bonds. The summed E-state index contributed by atoms with van der Waals surface area (Å²) in [4.78, 5) is 16.3. The van der Waals surface area contributed by atoms with Gasteiger partial charge in [0, 0.05) is 18.9 Å². The van der Waals surface area contributed by atoms with E-state index < -0.39 is 0 Å². The zero-order chi connectivity index (χ0) is 13.9. The Balaban J connectivity index is 1.67. The summed E-state index contributed by atoms with van der Waals surface area (Å²) in [6, 6.07) is 0. The molecule has 2 heterocycles. The highest BCUT2D eigenvalue weighted by Gasteiger charge is 2.26. The molecule has 0 aliphatic heterocycles. The highest BCUT2D eigenvalue weighted by Crippen LogP contribution is 2.30. The summed E-state index contributed by atoms with van der Waals surface area (Å²) in [6.45, 7) is 1.40. The lowest BCUT2D eigenvalue weighted by atomic mass is 9.96. The monoisotopic (exact) mass is 273 g/mol. The predicted molar refractivity (Wildman–Crippen MR) is 75.2 cm³/mol. The van der Waals surface area contributed by atoms with E-state index in [4.69, 9.17) is 5.73 Å². The van der Waals surface area contributed by atoms with Crippen LogP contribution in [-0.4, -0.2) is 33.6 Å². The molecule has 3 N–H and O–H groups in total. The largest absolute Gasteiger partial charge is 0.352 e. The van der Waals surface area contributed by atoms with E-state index in [1.165, 1.54) is 12.8 Å². The maximum Gasteiger partial charge on any atom is 0.255 e. The van der Waals surface area contributed by atoms with Gasteiger partial charge in [-0.25, -0.2) is 4.52 Å². The molecule has 1 aliphatic carbocycles. The second-order valence-electron chi connectivity index (χ2n) is 5.36. The van der Waals surface area contributed by atoms with Crippen LogP contribution in [0.4, 0.5) is 0 Å².